The van der Waals surface area contributed by atoms with Gasteiger partial charge in [0.05, 0.1) is 20.8 Å². The van der Waals surface area contributed by atoms with Crippen LogP contribution in [-0.4, -0.2) is 25.7 Å². The van der Waals surface area contributed by atoms with Crippen LogP contribution in [-0.2, 0) is 19.2 Å². The third-order valence-electron chi connectivity index (χ3n) is 4.69. The van der Waals surface area contributed by atoms with Gasteiger partial charge in [0.25, 0.3) is 0 Å². The summed E-state index contributed by atoms with van der Waals surface area (Å²) in [6.07, 6.45) is 0. The van der Waals surface area contributed by atoms with E-state index in [9.17, 15) is 9.46 Å². The molecule has 1 N–H and O–H groups in total. The van der Waals surface area contributed by atoms with E-state index in [2.05, 4.69) is 0 Å². The molecule has 1 atom stereocenters. The smallest absolute Gasteiger partial charge is 0.473 e. The van der Waals surface area contributed by atoms with E-state index < -0.39 is 13.4 Å². The zero-order valence-corrected chi connectivity index (χ0v) is 18.0. The summed E-state index contributed by atoms with van der Waals surface area (Å²) in [5.41, 5.74) is 0.283. The van der Waals surface area contributed by atoms with Gasteiger partial charge >= 0.3 is 7.82 Å². The Morgan fingerprint density at radius 2 is 1.40 bits per heavy atom. The van der Waals surface area contributed by atoms with Crippen molar-refractivity contribution in [1.29, 1.82) is 0 Å². The summed E-state index contributed by atoms with van der Waals surface area (Å²) in [4.78, 5) is 10.6. The first-order chi connectivity index (χ1) is 14.5. The van der Waals surface area contributed by atoms with Gasteiger partial charge in [0.1, 0.15) is 0 Å². The van der Waals surface area contributed by atoms with Crippen LogP contribution in [0.1, 0.15) is 23.6 Å². The van der Waals surface area contributed by atoms with Crippen LogP contribution in [0.4, 0.5) is 0 Å². The second kappa shape index (κ2) is 9.45. The summed E-state index contributed by atoms with van der Waals surface area (Å²) in [6, 6.07) is 23.7. The summed E-state index contributed by atoms with van der Waals surface area (Å²) < 4.78 is 35.2. The highest BCUT2D eigenvalue weighted by atomic mass is 31.2. The van der Waals surface area contributed by atoms with E-state index >= 15 is 0 Å². The van der Waals surface area contributed by atoms with Gasteiger partial charge in [0.15, 0.2) is 17.1 Å². The molecule has 30 heavy (non-hydrogen) atoms. The second-order valence-corrected chi connectivity index (χ2v) is 7.81. The molecule has 3 aromatic carbocycles. The summed E-state index contributed by atoms with van der Waals surface area (Å²) in [6.45, 7) is 1.65. The maximum atomic E-state index is 12.9. The molecule has 3 rings (SSSR count). The molecule has 0 aliphatic rings. The van der Waals surface area contributed by atoms with Crippen molar-refractivity contribution < 1.29 is 28.0 Å². The van der Waals surface area contributed by atoms with Crippen molar-refractivity contribution in [3.63, 3.8) is 0 Å². The van der Waals surface area contributed by atoms with E-state index in [-0.39, 0.29) is 6.61 Å². The lowest BCUT2D eigenvalue weighted by atomic mass is 9.80. The van der Waals surface area contributed by atoms with Crippen LogP contribution in [0.3, 0.4) is 0 Å². The number of rotatable bonds is 9. The van der Waals surface area contributed by atoms with Crippen LogP contribution in [0.5, 0.6) is 11.5 Å². The van der Waals surface area contributed by atoms with Crippen molar-refractivity contribution in [3.8, 4) is 11.5 Å². The highest BCUT2D eigenvalue weighted by Gasteiger charge is 2.46. The first-order valence-electron chi connectivity index (χ1n) is 9.49. The van der Waals surface area contributed by atoms with Gasteiger partial charge in [0, 0.05) is 5.56 Å². The van der Waals surface area contributed by atoms with Crippen molar-refractivity contribution in [2.24, 2.45) is 0 Å². The van der Waals surface area contributed by atoms with E-state index in [1.54, 1.807) is 25.1 Å². The maximum absolute atomic E-state index is 12.9. The van der Waals surface area contributed by atoms with Crippen molar-refractivity contribution in [2.75, 3.05) is 20.8 Å². The Kier molecular flexibility index (Phi) is 6.95. The fraction of sp³-hybridized carbons (Fsp3) is 0.217. The molecule has 0 saturated heterocycles. The van der Waals surface area contributed by atoms with Crippen LogP contribution in [0.2, 0.25) is 0 Å². The number of benzene rings is 3. The Labute approximate surface area is 176 Å². The van der Waals surface area contributed by atoms with Crippen LogP contribution < -0.4 is 9.47 Å². The number of methoxy groups -OCH3 is 2. The molecule has 0 amide bonds. The van der Waals surface area contributed by atoms with Gasteiger partial charge in [-0.15, -0.1) is 0 Å². The number of para-hydroxylation sites is 1. The quantitative estimate of drug-likeness (QED) is 0.375. The van der Waals surface area contributed by atoms with E-state index in [1.807, 2.05) is 60.7 Å². The SMILES string of the molecule is CCOP(=O)(O)OC(c1ccccc1)(c1ccccc1)c1cccc(OC)c1OC. The second-order valence-electron chi connectivity index (χ2n) is 6.43. The van der Waals surface area contributed by atoms with E-state index in [0.717, 1.165) is 0 Å². The molecule has 0 heterocycles. The molecular weight excluding hydrogens is 403 g/mol. The van der Waals surface area contributed by atoms with E-state index in [4.69, 9.17) is 18.5 Å². The summed E-state index contributed by atoms with van der Waals surface area (Å²) >= 11 is 0. The molecule has 7 heteroatoms. The predicted octanol–water partition coefficient (Wildman–Crippen LogP) is 5.15. The van der Waals surface area contributed by atoms with Crippen LogP contribution >= 0.6 is 7.82 Å². The zero-order chi connectivity index (χ0) is 21.6. The minimum absolute atomic E-state index is 0.0166. The van der Waals surface area contributed by atoms with Crippen LogP contribution in [0.25, 0.3) is 0 Å². The fourth-order valence-corrected chi connectivity index (χ4v) is 4.54. The molecule has 0 bridgehead atoms. The lowest BCUT2D eigenvalue weighted by Crippen LogP contribution is -2.33. The topological polar surface area (TPSA) is 74.2 Å². The average molecular weight is 428 g/mol. The molecule has 0 radical (unpaired) electrons. The standard InChI is InChI=1S/C23H25O6P/c1-4-28-30(24,25)29-23(18-12-7-5-8-13-18,19-14-9-6-10-15-19)20-16-11-17-21(26-2)22(20)27-3/h5-17H,4H2,1-3H3,(H,24,25). The Balaban J connectivity index is 2.42. The monoisotopic (exact) mass is 428 g/mol. The molecule has 3 aromatic rings. The molecule has 0 aliphatic heterocycles. The highest BCUT2D eigenvalue weighted by molar-refractivity contribution is 7.47. The molecular formula is C23H25O6P. The Hall–Kier alpha value is -2.63. The van der Waals surface area contributed by atoms with Crippen LogP contribution in [0.15, 0.2) is 78.9 Å². The number of phosphoric ester groups is 1. The van der Waals surface area contributed by atoms with Gasteiger partial charge in [-0.25, -0.2) is 4.57 Å². The number of ether oxygens (including phenoxy) is 2. The lowest BCUT2D eigenvalue weighted by Gasteiger charge is -2.37. The highest BCUT2D eigenvalue weighted by Crippen LogP contribution is 2.57. The fourth-order valence-electron chi connectivity index (χ4n) is 3.50. The Morgan fingerprint density at radius 1 is 0.833 bits per heavy atom. The van der Waals surface area contributed by atoms with Crippen molar-refractivity contribution in [2.45, 2.75) is 12.5 Å². The van der Waals surface area contributed by atoms with Gasteiger partial charge in [-0.2, -0.15) is 0 Å². The van der Waals surface area contributed by atoms with Gasteiger partial charge in [-0.1, -0.05) is 72.8 Å². The largest absolute Gasteiger partial charge is 0.493 e. The third kappa shape index (κ3) is 4.27. The van der Waals surface area contributed by atoms with Crippen LogP contribution in [0, 0.1) is 0 Å². The Morgan fingerprint density at radius 3 is 1.87 bits per heavy atom. The third-order valence-corrected chi connectivity index (χ3v) is 5.78. The molecule has 0 fully saturated rings. The van der Waals surface area contributed by atoms with Gasteiger partial charge in [-0.05, 0) is 24.1 Å². The predicted molar refractivity (Wildman–Crippen MR) is 115 cm³/mol. The number of hydrogen-bond donors (Lipinski definition) is 1. The zero-order valence-electron chi connectivity index (χ0n) is 17.1. The van der Waals surface area contributed by atoms with E-state index in [0.29, 0.717) is 28.2 Å². The van der Waals surface area contributed by atoms with Crippen molar-refractivity contribution in [1.82, 2.24) is 0 Å². The first-order valence-corrected chi connectivity index (χ1v) is 11.0. The van der Waals surface area contributed by atoms with Crippen molar-refractivity contribution >= 4 is 7.82 Å². The Bertz CT molecular complexity index is 967. The minimum Gasteiger partial charge on any atom is -0.493 e. The molecule has 0 saturated carbocycles. The number of hydrogen-bond acceptors (Lipinski definition) is 5. The molecule has 6 nitrogen and oxygen atoms in total. The molecule has 158 valence electrons. The van der Waals surface area contributed by atoms with Gasteiger partial charge in [-0.3, -0.25) is 9.05 Å². The molecule has 0 aliphatic carbocycles. The normalized spacial score (nSPS) is 13.5. The number of phosphoric acid groups is 1. The summed E-state index contributed by atoms with van der Waals surface area (Å²) in [5.74, 6) is 0.864. The maximum Gasteiger partial charge on any atom is 0.473 e. The lowest BCUT2D eigenvalue weighted by molar-refractivity contribution is 0.0758. The summed E-state index contributed by atoms with van der Waals surface area (Å²) in [5, 5.41) is 0. The minimum atomic E-state index is -4.46. The summed E-state index contributed by atoms with van der Waals surface area (Å²) in [7, 11) is -1.41. The van der Waals surface area contributed by atoms with Gasteiger partial charge in [0.2, 0.25) is 0 Å². The van der Waals surface area contributed by atoms with Crippen molar-refractivity contribution in [3.05, 3.63) is 95.6 Å². The van der Waals surface area contributed by atoms with E-state index in [1.165, 1.54) is 14.2 Å². The molecule has 0 aromatic heterocycles. The van der Waals surface area contributed by atoms with Gasteiger partial charge < -0.3 is 14.4 Å². The molecule has 1 unspecified atom stereocenters. The average Bonchev–Trinajstić information content (AvgIpc) is 2.78. The molecule has 0 spiro atoms. The first kappa shape index (κ1) is 22.1.